The average Bonchev–Trinajstić information content (AvgIpc) is 3.94. The second-order valence-corrected chi connectivity index (χ2v) is 13.7. The number of aromatic nitrogens is 1. The highest BCUT2D eigenvalue weighted by Gasteiger charge is 2.25. The van der Waals surface area contributed by atoms with E-state index in [0.717, 1.165) is 54.9 Å². The third-order valence-electron chi connectivity index (χ3n) is 10.9. The van der Waals surface area contributed by atoms with E-state index in [2.05, 4.69) is 156 Å². The van der Waals surface area contributed by atoms with Gasteiger partial charge in [-0.2, -0.15) is 0 Å². The SMILES string of the molecule is c1ccc(-c2cc(-c3ccccc3)cc(-c3cc4c5ccc6c7ccccc7oc6c5n5c4c(c3)c3ccc4c6ccccc6oc4c35)c2)cc1. The van der Waals surface area contributed by atoms with Gasteiger partial charge in [0.25, 0.3) is 0 Å². The number of para-hydroxylation sites is 2. The van der Waals surface area contributed by atoms with E-state index in [4.69, 9.17) is 8.83 Å². The number of hydrogen-bond donors (Lipinski definition) is 0. The normalized spacial score (nSPS) is 12.3. The zero-order valence-corrected chi connectivity index (χ0v) is 27.4. The number of benzene rings is 8. The fraction of sp³-hybridized carbons (Fsp3) is 0. The van der Waals surface area contributed by atoms with E-state index in [1.807, 2.05) is 12.1 Å². The summed E-state index contributed by atoms with van der Waals surface area (Å²) in [6, 6.07) is 58.8. The average molecular weight is 650 g/mol. The maximum absolute atomic E-state index is 6.74. The van der Waals surface area contributed by atoms with Crippen LogP contribution in [-0.4, -0.2) is 4.40 Å². The molecular formula is C48H27NO2. The minimum atomic E-state index is 0.894. The molecule has 0 saturated heterocycles. The summed E-state index contributed by atoms with van der Waals surface area (Å²) in [5.41, 5.74) is 14.1. The lowest BCUT2D eigenvalue weighted by Gasteiger charge is -2.12. The zero-order chi connectivity index (χ0) is 33.2. The fourth-order valence-corrected chi connectivity index (χ4v) is 8.60. The maximum Gasteiger partial charge on any atom is 0.160 e. The van der Waals surface area contributed by atoms with Crippen molar-refractivity contribution in [2.45, 2.75) is 0 Å². The van der Waals surface area contributed by atoms with Crippen molar-refractivity contribution in [3.63, 3.8) is 0 Å². The van der Waals surface area contributed by atoms with Gasteiger partial charge >= 0.3 is 0 Å². The van der Waals surface area contributed by atoms with E-state index in [1.54, 1.807) is 0 Å². The molecule has 0 unspecified atom stereocenters. The molecule has 0 atom stereocenters. The Kier molecular flexibility index (Phi) is 5.23. The lowest BCUT2D eigenvalue weighted by Crippen LogP contribution is -1.86. The monoisotopic (exact) mass is 649 g/mol. The van der Waals surface area contributed by atoms with Gasteiger partial charge in [0.2, 0.25) is 0 Å². The van der Waals surface area contributed by atoms with Crippen molar-refractivity contribution in [2.75, 3.05) is 0 Å². The summed E-state index contributed by atoms with van der Waals surface area (Å²) in [6.07, 6.45) is 0. The molecule has 3 nitrogen and oxygen atoms in total. The lowest BCUT2D eigenvalue weighted by molar-refractivity contribution is 0.670. The molecule has 0 bridgehead atoms. The van der Waals surface area contributed by atoms with Crippen LogP contribution in [0.2, 0.25) is 0 Å². The Hall–Kier alpha value is -6.84. The van der Waals surface area contributed by atoms with Gasteiger partial charge in [0.15, 0.2) is 11.2 Å². The highest BCUT2D eigenvalue weighted by atomic mass is 16.3. The smallest absolute Gasteiger partial charge is 0.160 e. The molecule has 4 aromatic heterocycles. The minimum absolute atomic E-state index is 0.894. The molecule has 0 amide bonds. The predicted molar refractivity (Wildman–Crippen MR) is 212 cm³/mol. The molecule has 0 aliphatic rings. The van der Waals surface area contributed by atoms with Crippen LogP contribution in [0.1, 0.15) is 0 Å². The van der Waals surface area contributed by atoms with Crippen LogP contribution in [0.3, 0.4) is 0 Å². The molecule has 0 N–H and O–H groups in total. The Morgan fingerprint density at radius 2 is 0.667 bits per heavy atom. The highest BCUT2D eigenvalue weighted by molar-refractivity contribution is 6.32. The Morgan fingerprint density at radius 1 is 0.275 bits per heavy atom. The van der Waals surface area contributed by atoms with Crippen molar-refractivity contribution < 1.29 is 8.83 Å². The molecular weight excluding hydrogens is 623 g/mol. The molecule has 4 heterocycles. The van der Waals surface area contributed by atoms with Gasteiger partial charge in [0.1, 0.15) is 11.2 Å². The van der Waals surface area contributed by atoms with Crippen molar-refractivity contribution in [3.05, 3.63) is 164 Å². The second-order valence-electron chi connectivity index (χ2n) is 13.7. The van der Waals surface area contributed by atoms with Crippen LogP contribution in [0.5, 0.6) is 0 Å². The number of hydrogen-bond acceptors (Lipinski definition) is 2. The number of rotatable bonds is 3. The molecule has 0 spiro atoms. The van der Waals surface area contributed by atoms with Gasteiger partial charge in [-0.15, -0.1) is 0 Å². The first-order valence-electron chi connectivity index (χ1n) is 17.4. The second kappa shape index (κ2) is 9.87. The van der Waals surface area contributed by atoms with Gasteiger partial charge in [0, 0.05) is 43.1 Å². The molecule has 3 heteroatoms. The van der Waals surface area contributed by atoms with E-state index < -0.39 is 0 Å². The Bertz CT molecular complexity index is 3130. The molecule has 0 aliphatic carbocycles. The van der Waals surface area contributed by atoms with E-state index in [1.165, 1.54) is 60.4 Å². The topological polar surface area (TPSA) is 30.7 Å². The number of nitrogens with zero attached hydrogens (tertiary/aromatic N) is 1. The van der Waals surface area contributed by atoms with Crippen molar-refractivity contribution >= 4 is 82.0 Å². The van der Waals surface area contributed by atoms with Crippen LogP contribution in [0, 0.1) is 0 Å². The van der Waals surface area contributed by atoms with Crippen molar-refractivity contribution in [3.8, 4) is 33.4 Å². The van der Waals surface area contributed by atoms with E-state index >= 15 is 0 Å². The van der Waals surface area contributed by atoms with Crippen LogP contribution in [0.15, 0.2) is 173 Å². The molecule has 0 fully saturated rings. The molecule has 12 rings (SSSR count). The number of fused-ring (bicyclic) bond motifs is 14. The van der Waals surface area contributed by atoms with Crippen LogP contribution in [0.4, 0.5) is 0 Å². The van der Waals surface area contributed by atoms with Gasteiger partial charge in [-0.05, 0) is 88.0 Å². The minimum Gasteiger partial charge on any atom is -0.454 e. The van der Waals surface area contributed by atoms with Crippen molar-refractivity contribution in [1.29, 1.82) is 0 Å². The number of furan rings is 2. The fourth-order valence-electron chi connectivity index (χ4n) is 8.60. The van der Waals surface area contributed by atoms with Gasteiger partial charge < -0.3 is 13.2 Å². The summed E-state index contributed by atoms with van der Waals surface area (Å²) in [5, 5.41) is 9.22. The molecule has 0 radical (unpaired) electrons. The van der Waals surface area contributed by atoms with E-state index in [-0.39, 0.29) is 0 Å². The largest absolute Gasteiger partial charge is 0.454 e. The van der Waals surface area contributed by atoms with Crippen LogP contribution in [0.25, 0.3) is 115 Å². The van der Waals surface area contributed by atoms with Crippen LogP contribution < -0.4 is 0 Å². The van der Waals surface area contributed by atoms with Gasteiger partial charge in [0.05, 0.1) is 16.6 Å². The summed E-state index contributed by atoms with van der Waals surface area (Å²) >= 11 is 0. The summed E-state index contributed by atoms with van der Waals surface area (Å²) in [5.74, 6) is 0. The standard InChI is InChI=1S/C48H27NO2/c1-3-11-28(12-4-1)30-23-31(29-13-5-2-6-14-29)25-32(24-30)33-26-40-36-19-21-38-34-15-7-9-17-42(34)50-47(38)45(36)49-44(40)41(27-33)37-20-22-39-35-16-8-10-18-43(35)51-48(39)46(37)49/h1-27H. The summed E-state index contributed by atoms with van der Waals surface area (Å²) < 4.78 is 15.9. The first-order chi connectivity index (χ1) is 25.3. The maximum atomic E-state index is 6.74. The molecule has 51 heavy (non-hydrogen) atoms. The van der Waals surface area contributed by atoms with Crippen LogP contribution >= 0.6 is 0 Å². The predicted octanol–water partition coefficient (Wildman–Crippen LogP) is 13.6. The first-order valence-corrected chi connectivity index (χ1v) is 17.4. The molecule has 0 aliphatic heterocycles. The molecule has 12 aromatic rings. The molecule has 236 valence electrons. The Balaban J connectivity index is 1.25. The van der Waals surface area contributed by atoms with E-state index in [0.29, 0.717) is 0 Å². The molecule has 8 aromatic carbocycles. The highest BCUT2D eigenvalue weighted by Crippen LogP contribution is 2.48. The van der Waals surface area contributed by atoms with Gasteiger partial charge in [-0.1, -0.05) is 109 Å². The first kappa shape index (κ1) is 27.0. The molecule has 0 saturated carbocycles. The van der Waals surface area contributed by atoms with E-state index in [9.17, 15) is 0 Å². The third kappa shape index (κ3) is 3.67. The Morgan fingerprint density at radius 3 is 1.16 bits per heavy atom. The van der Waals surface area contributed by atoms with Crippen LogP contribution in [-0.2, 0) is 0 Å². The van der Waals surface area contributed by atoms with Gasteiger partial charge in [-0.3, -0.25) is 0 Å². The third-order valence-corrected chi connectivity index (χ3v) is 10.9. The Labute approximate surface area is 291 Å². The summed E-state index contributed by atoms with van der Waals surface area (Å²) in [4.78, 5) is 0. The zero-order valence-electron chi connectivity index (χ0n) is 27.4. The quantitative estimate of drug-likeness (QED) is 0.191. The van der Waals surface area contributed by atoms with Crippen molar-refractivity contribution in [2.24, 2.45) is 0 Å². The van der Waals surface area contributed by atoms with Crippen molar-refractivity contribution in [1.82, 2.24) is 4.40 Å². The lowest BCUT2D eigenvalue weighted by atomic mass is 9.92. The summed E-state index contributed by atoms with van der Waals surface area (Å²) in [6.45, 7) is 0. The van der Waals surface area contributed by atoms with Gasteiger partial charge in [-0.25, -0.2) is 0 Å². The summed E-state index contributed by atoms with van der Waals surface area (Å²) in [7, 11) is 0.